The van der Waals surface area contributed by atoms with Crippen molar-refractivity contribution in [1.82, 2.24) is 31.0 Å². The summed E-state index contributed by atoms with van der Waals surface area (Å²) < 4.78 is 1.80. The molecule has 4 amide bonds. The molecule has 0 spiro atoms. The average molecular weight is 653 g/mol. The van der Waals surface area contributed by atoms with Gasteiger partial charge in [-0.05, 0) is 68.9 Å². The zero-order chi connectivity index (χ0) is 34.4. The zero-order valence-corrected chi connectivity index (χ0v) is 30.2. The van der Waals surface area contributed by atoms with E-state index in [2.05, 4.69) is 26.4 Å². The SMILES string of the molecule is CSCC[C@H](NC(=O)C(C)Cn1nc(C)cc1C)C(=O)N[C@@H](CC(C)C)[C@@H](O)C[C@@H](C)C(=O)N[C@H](C(=O)NCC(C)C)C(C)C. The molecule has 5 N–H and O–H groups in total. The number of rotatable bonds is 20. The number of amides is 4. The fraction of sp³-hybridized carbons (Fsp3) is 0.788. The van der Waals surface area contributed by atoms with Gasteiger partial charge in [0.25, 0.3) is 0 Å². The molecule has 0 saturated carbocycles. The number of thioether (sulfide) groups is 1. The van der Waals surface area contributed by atoms with Gasteiger partial charge in [-0.3, -0.25) is 23.9 Å². The number of carbonyl (C=O) groups is 4. The molecule has 0 aromatic carbocycles. The smallest absolute Gasteiger partial charge is 0.242 e. The minimum absolute atomic E-state index is 0.101. The molecule has 0 radical (unpaired) electrons. The lowest BCUT2D eigenvalue weighted by Crippen LogP contribution is -2.54. The summed E-state index contributed by atoms with van der Waals surface area (Å²) in [6, 6.07) is -0.126. The zero-order valence-electron chi connectivity index (χ0n) is 29.4. The van der Waals surface area contributed by atoms with Gasteiger partial charge in [0.15, 0.2) is 0 Å². The van der Waals surface area contributed by atoms with Crippen molar-refractivity contribution in [3.63, 3.8) is 0 Å². The summed E-state index contributed by atoms with van der Waals surface area (Å²) in [5.41, 5.74) is 1.84. The van der Waals surface area contributed by atoms with Crippen LogP contribution in [0.5, 0.6) is 0 Å². The lowest BCUT2D eigenvalue weighted by molar-refractivity contribution is -0.133. The first kappa shape index (κ1) is 40.4. The standard InChI is InChI=1S/C33H60N6O5S/c1-19(2)14-27(28(40)15-22(7)30(41)37-29(21(5)6)33(44)34-17-20(3)4)36-32(43)26(12-13-45-11)35-31(42)23(8)18-39-25(10)16-24(9)38-39/h16,19-23,26-29,40H,12-15,17-18H2,1-11H3,(H,34,44)(H,35,42)(H,36,43)(H,37,41)/t22-,23?,26+,27+,28+,29+/m1/s1. The van der Waals surface area contributed by atoms with Crippen LogP contribution in [0.25, 0.3) is 0 Å². The summed E-state index contributed by atoms with van der Waals surface area (Å²) in [6.45, 7) is 20.0. The van der Waals surface area contributed by atoms with Crippen LogP contribution in [0.2, 0.25) is 0 Å². The van der Waals surface area contributed by atoms with E-state index in [0.717, 1.165) is 11.4 Å². The maximum atomic E-state index is 13.6. The van der Waals surface area contributed by atoms with Gasteiger partial charge in [0.05, 0.1) is 30.3 Å². The van der Waals surface area contributed by atoms with E-state index < -0.39 is 36.1 Å². The number of nitrogens with zero attached hydrogens (tertiary/aromatic N) is 2. The largest absolute Gasteiger partial charge is 0.391 e. The Labute approximate surface area is 275 Å². The molecule has 12 heteroatoms. The number of hydrogen-bond donors (Lipinski definition) is 5. The van der Waals surface area contributed by atoms with E-state index in [0.29, 0.717) is 31.7 Å². The molecule has 0 aliphatic carbocycles. The molecule has 45 heavy (non-hydrogen) atoms. The fourth-order valence-corrected chi connectivity index (χ4v) is 5.47. The Kier molecular flexibility index (Phi) is 17.8. The molecule has 0 saturated heterocycles. The maximum absolute atomic E-state index is 13.6. The lowest BCUT2D eigenvalue weighted by atomic mass is 9.91. The van der Waals surface area contributed by atoms with Crippen LogP contribution < -0.4 is 21.3 Å². The number of nitrogens with one attached hydrogen (secondary N) is 4. The summed E-state index contributed by atoms with van der Waals surface area (Å²) >= 11 is 1.58. The Morgan fingerprint density at radius 3 is 1.98 bits per heavy atom. The highest BCUT2D eigenvalue weighted by Crippen LogP contribution is 2.17. The van der Waals surface area contributed by atoms with Crippen molar-refractivity contribution in [2.75, 3.05) is 18.6 Å². The van der Waals surface area contributed by atoms with Crippen molar-refractivity contribution < 1.29 is 24.3 Å². The topological polar surface area (TPSA) is 154 Å². The number of carbonyl (C=O) groups excluding carboxylic acids is 4. The number of hydrogen-bond acceptors (Lipinski definition) is 7. The predicted molar refractivity (Wildman–Crippen MR) is 182 cm³/mol. The van der Waals surface area contributed by atoms with E-state index in [4.69, 9.17) is 0 Å². The number of aliphatic hydroxyl groups excluding tert-OH is 1. The van der Waals surface area contributed by atoms with Gasteiger partial charge in [-0.2, -0.15) is 16.9 Å². The van der Waals surface area contributed by atoms with Crippen LogP contribution in [0, 0.1) is 43.4 Å². The highest BCUT2D eigenvalue weighted by Gasteiger charge is 2.32. The predicted octanol–water partition coefficient (Wildman–Crippen LogP) is 3.20. The van der Waals surface area contributed by atoms with E-state index >= 15 is 0 Å². The summed E-state index contributed by atoms with van der Waals surface area (Å²) in [7, 11) is 0. The Bertz CT molecular complexity index is 1090. The van der Waals surface area contributed by atoms with E-state index in [1.54, 1.807) is 23.4 Å². The third-order valence-electron chi connectivity index (χ3n) is 7.73. The van der Waals surface area contributed by atoms with Crippen molar-refractivity contribution in [3.05, 3.63) is 17.5 Å². The molecule has 0 aliphatic heterocycles. The quantitative estimate of drug-likeness (QED) is 0.145. The normalized spacial score (nSPS) is 15.7. The van der Waals surface area contributed by atoms with Gasteiger partial charge < -0.3 is 26.4 Å². The van der Waals surface area contributed by atoms with Gasteiger partial charge in [-0.15, -0.1) is 0 Å². The molecule has 0 fully saturated rings. The molecule has 1 heterocycles. The summed E-state index contributed by atoms with van der Waals surface area (Å²) in [4.78, 5) is 52.6. The van der Waals surface area contributed by atoms with Crippen LogP contribution in [0.4, 0.5) is 0 Å². The second-order valence-electron chi connectivity index (χ2n) is 13.7. The molecule has 1 aromatic heterocycles. The van der Waals surface area contributed by atoms with Gasteiger partial charge in [0.2, 0.25) is 23.6 Å². The van der Waals surface area contributed by atoms with Crippen LogP contribution in [0.15, 0.2) is 6.07 Å². The Hall–Kier alpha value is -2.60. The lowest BCUT2D eigenvalue weighted by Gasteiger charge is -2.30. The van der Waals surface area contributed by atoms with E-state index in [1.165, 1.54) is 0 Å². The molecular weight excluding hydrogens is 592 g/mol. The molecule has 1 rings (SSSR count). The maximum Gasteiger partial charge on any atom is 0.242 e. The summed E-state index contributed by atoms with van der Waals surface area (Å²) in [5, 5.41) is 27.4. The molecule has 1 unspecified atom stereocenters. The number of aromatic nitrogens is 2. The monoisotopic (exact) mass is 652 g/mol. The first-order valence-electron chi connectivity index (χ1n) is 16.3. The molecular formula is C33H60N6O5S. The molecule has 6 atom stereocenters. The van der Waals surface area contributed by atoms with E-state index in [1.807, 2.05) is 74.6 Å². The highest BCUT2D eigenvalue weighted by atomic mass is 32.2. The average Bonchev–Trinajstić information content (AvgIpc) is 3.26. The van der Waals surface area contributed by atoms with E-state index in [-0.39, 0.29) is 47.8 Å². The number of aryl methyl sites for hydroxylation is 2. The molecule has 258 valence electrons. The van der Waals surface area contributed by atoms with Crippen molar-refractivity contribution in [1.29, 1.82) is 0 Å². The minimum Gasteiger partial charge on any atom is -0.391 e. The van der Waals surface area contributed by atoms with E-state index in [9.17, 15) is 24.3 Å². The number of aliphatic hydroxyl groups is 1. The van der Waals surface area contributed by atoms with Gasteiger partial charge in [0.1, 0.15) is 12.1 Å². The van der Waals surface area contributed by atoms with Crippen molar-refractivity contribution in [2.24, 2.45) is 29.6 Å². The molecule has 1 aromatic rings. The summed E-state index contributed by atoms with van der Waals surface area (Å²) in [5.74, 6) is -1.19. The van der Waals surface area contributed by atoms with Gasteiger partial charge in [0, 0.05) is 18.2 Å². The fourth-order valence-electron chi connectivity index (χ4n) is 5.00. The molecule has 0 aliphatic rings. The molecule has 11 nitrogen and oxygen atoms in total. The Balaban J connectivity index is 2.95. The van der Waals surface area contributed by atoms with Crippen LogP contribution >= 0.6 is 11.8 Å². The van der Waals surface area contributed by atoms with Crippen molar-refractivity contribution in [2.45, 2.75) is 119 Å². The minimum atomic E-state index is -1.01. The second-order valence-corrected chi connectivity index (χ2v) is 14.7. The van der Waals surface area contributed by atoms with Crippen molar-refractivity contribution >= 4 is 35.4 Å². The van der Waals surface area contributed by atoms with Gasteiger partial charge in [-0.25, -0.2) is 0 Å². The van der Waals surface area contributed by atoms with Crippen LogP contribution in [0.3, 0.4) is 0 Å². The van der Waals surface area contributed by atoms with Crippen molar-refractivity contribution in [3.8, 4) is 0 Å². The van der Waals surface area contributed by atoms with Crippen LogP contribution in [-0.4, -0.2) is 81.3 Å². The van der Waals surface area contributed by atoms with Crippen LogP contribution in [-0.2, 0) is 25.7 Å². The second kappa shape index (κ2) is 19.8. The Morgan fingerprint density at radius 2 is 1.47 bits per heavy atom. The first-order chi connectivity index (χ1) is 21.0. The van der Waals surface area contributed by atoms with Gasteiger partial charge in [-0.1, -0.05) is 55.4 Å². The molecule has 0 bridgehead atoms. The first-order valence-corrected chi connectivity index (χ1v) is 17.7. The van der Waals surface area contributed by atoms with Gasteiger partial charge >= 0.3 is 0 Å². The Morgan fingerprint density at radius 1 is 0.844 bits per heavy atom. The van der Waals surface area contributed by atoms with Crippen LogP contribution in [0.1, 0.15) is 86.0 Å². The third kappa shape index (κ3) is 14.6. The highest BCUT2D eigenvalue weighted by molar-refractivity contribution is 7.98. The summed E-state index contributed by atoms with van der Waals surface area (Å²) in [6.07, 6.45) is 1.96. The third-order valence-corrected chi connectivity index (χ3v) is 8.38.